The molecule has 2 amide bonds. The number of urea groups is 1. The van der Waals surface area contributed by atoms with E-state index >= 15 is 0 Å². The molecule has 9 heteroatoms. The molecule has 1 saturated heterocycles. The van der Waals surface area contributed by atoms with Crippen LogP contribution >= 0.6 is 0 Å². The quantitative estimate of drug-likeness (QED) is 0.353. The Labute approximate surface area is 146 Å². The summed E-state index contributed by atoms with van der Waals surface area (Å²) in [5, 5.41) is 20.8. The van der Waals surface area contributed by atoms with Crippen molar-refractivity contribution < 1.29 is 14.4 Å². The maximum atomic E-state index is 13.5. The van der Waals surface area contributed by atoms with Crippen LogP contribution in [0.1, 0.15) is 24.5 Å². The first-order valence-electron chi connectivity index (χ1n) is 8.40. The highest BCUT2D eigenvalue weighted by molar-refractivity contribution is 5.89. The van der Waals surface area contributed by atoms with Crippen molar-refractivity contribution in [3.05, 3.63) is 29.3 Å². The molecule has 0 bridgehead atoms. The number of halogens is 1. The number of nitrogens with zero attached hydrogens (tertiary/aromatic N) is 1. The van der Waals surface area contributed by atoms with Crippen molar-refractivity contribution in [2.24, 2.45) is 0 Å². The first-order chi connectivity index (χ1) is 12.0. The van der Waals surface area contributed by atoms with Gasteiger partial charge in [-0.05, 0) is 43.7 Å². The number of hydrogen-bond acceptors (Lipinski definition) is 6. The predicted octanol–water partition coefficient (Wildman–Crippen LogP) is 0.652. The first-order valence-corrected chi connectivity index (χ1v) is 8.40. The molecule has 1 fully saturated rings. The molecule has 4 atom stereocenters. The highest BCUT2D eigenvalue weighted by atomic mass is 19.1. The minimum atomic E-state index is -1.05. The van der Waals surface area contributed by atoms with Gasteiger partial charge in [0.1, 0.15) is 6.29 Å². The van der Waals surface area contributed by atoms with Crippen molar-refractivity contribution in [3.63, 3.8) is 0 Å². The number of alkyl halides is 1. The van der Waals surface area contributed by atoms with Crippen LogP contribution in [-0.2, 0) is 13.0 Å². The van der Waals surface area contributed by atoms with E-state index in [1.807, 2.05) is 13.0 Å². The van der Waals surface area contributed by atoms with E-state index in [2.05, 4.69) is 26.7 Å². The Bertz CT molecular complexity index is 631. The average Bonchev–Trinajstić information content (AvgIpc) is 2.57. The van der Waals surface area contributed by atoms with Gasteiger partial charge in [-0.3, -0.25) is 15.5 Å². The van der Waals surface area contributed by atoms with Gasteiger partial charge in [0.25, 0.3) is 0 Å². The van der Waals surface area contributed by atoms with Crippen LogP contribution in [0.4, 0.5) is 14.9 Å². The molecule has 6 N–H and O–H groups in total. The summed E-state index contributed by atoms with van der Waals surface area (Å²) in [4.78, 5) is 14.1. The number of nitrogens with one attached hydrogen (secondary N) is 5. The zero-order valence-corrected chi connectivity index (χ0v) is 14.3. The Morgan fingerprint density at radius 2 is 2.20 bits per heavy atom. The van der Waals surface area contributed by atoms with Gasteiger partial charge in [0.05, 0.1) is 6.17 Å². The Morgan fingerprint density at radius 3 is 2.96 bits per heavy atom. The molecule has 0 aliphatic carbocycles. The predicted molar refractivity (Wildman–Crippen MR) is 91.5 cm³/mol. The van der Waals surface area contributed by atoms with Gasteiger partial charge in [-0.25, -0.2) is 9.18 Å². The van der Waals surface area contributed by atoms with Crippen LogP contribution in [0, 0.1) is 0 Å². The summed E-state index contributed by atoms with van der Waals surface area (Å²) in [6, 6.07) is 5.26. The lowest BCUT2D eigenvalue weighted by Gasteiger charge is -2.42. The number of hydroxylamine groups is 1. The molecular formula is C16H25FN6O2. The molecule has 0 spiro atoms. The standard InChI is InChI=1S/C16H25FN6O2/c1-9-5-14(22-25)23(2)15(19-9)21-16(24)20-12-4-3-10-8-18-13(17)7-11(10)6-12/h3-4,6,9,13-15,18-19,22,25H,5,7-8H2,1-2H3,(H2,20,21,24). The zero-order valence-electron chi connectivity index (χ0n) is 14.3. The van der Waals surface area contributed by atoms with Crippen molar-refractivity contribution in [2.45, 2.75) is 51.1 Å². The highest BCUT2D eigenvalue weighted by Crippen LogP contribution is 2.21. The van der Waals surface area contributed by atoms with Crippen LogP contribution in [0.25, 0.3) is 0 Å². The molecule has 2 aliphatic heterocycles. The Kier molecular flexibility index (Phi) is 5.50. The second kappa shape index (κ2) is 7.63. The second-order valence-corrected chi connectivity index (χ2v) is 6.65. The van der Waals surface area contributed by atoms with Crippen molar-refractivity contribution in [1.29, 1.82) is 0 Å². The summed E-state index contributed by atoms with van der Waals surface area (Å²) < 4.78 is 13.5. The van der Waals surface area contributed by atoms with Crippen LogP contribution in [0.5, 0.6) is 0 Å². The minimum Gasteiger partial charge on any atom is -0.315 e. The molecule has 4 unspecified atom stereocenters. The van der Waals surface area contributed by atoms with Gasteiger partial charge in [0.15, 0.2) is 6.30 Å². The van der Waals surface area contributed by atoms with E-state index in [4.69, 9.17) is 0 Å². The van der Waals surface area contributed by atoms with Crippen molar-refractivity contribution in [3.8, 4) is 0 Å². The van der Waals surface area contributed by atoms with Crippen molar-refractivity contribution in [2.75, 3.05) is 12.4 Å². The smallest absolute Gasteiger partial charge is 0.315 e. The number of amides is 2. The number of benzene rings is 1. The fourth-order valence-corrected chi connectivity index (χ4v) is 3.27. The Morgan fingerprint density at radius 1 is 1.40 bits per heavy atom. The lowest BCUT2D eigenvalue weighted by molar-refractivity contribution is -0.0267. The van der Waals surface area contributed by atoms with Gasteiger partial charge >= 0.3 is 6.03 Å². The fourth-order valence-electron chi connectivity index (χ4n) is 3.27. The minimum absolute atomic E-state index is 0.129. The van der Waals surface area contributed by atoms with Gasteiger partial charge in [-0.2, -0.15) is 5.48 Å². The average molecular weight is 352 g/mol. The molecule has 0 aromatic heterocycles. The van der Waals surface area contributed by atoms with Crippen LogP contribution in [0.15, 0.2) is 18.2 Å². The van der Waals surface area contributed by atoms with Gasteiger partial charge in [0.2, 0.25) is 0 Å². The van der Waals surface area contributed by atoms with Gasteiger partial charge in [-0.1, -0.05) is 6.07 Å². The molecule has 0 radical (unpaired) electrons. The summed E-state index contributed by atoms with van der Waals surface area (Å²) in [7, 11) is 1.80. The van der Waals surface area contributed by atoms with Crippen molar-refractivity contribution >= 4 is 11.7 Å². The van der Waals surface area contributed by atoms with E-state index in [9.17, 15) is 14.4 Å². The lowest BCUT2D eigenvalue weighted by atomic mass is 10.00. The molecular weight excluding hydrogens is 327 g/mol. The molecule has 2 aliphatic rings. The maximum absolute atomic E-state index is 13.5. The normalized spacial score (nSPS) is 29.8. The van der Waals surface area contributed by atoms with Crippen LogP contribution in [0.3, 0.4) is 0 Å². The zero-order chi connectivity index (χ0) is 18.0. The van der Waals surface area contributed by atoms with E-state index in [1.54, 1.807) is 24.1 Å². The SMILES string of the molecule is CC1CC(NO)N(C)C(NC(=O)Nc2ccc3c(c2)CC(F)NC3)N1. The third kappa shape index (κ3) is 4.25. The van der Waals surface area contributed by atoms with Gasteiger partial charge in [0, 0.05) is 24.7 Å². The third-order valence-electron chi connectivity index (χ3n) is 4.71. The molecule has 8 nitrogen and oxygen atoms in total. The Hall–Kier alpha value is -1.78. The summed E-state index contributed by atoms with van der Waals surface area (Å²) in [5.41, 5.74) is 4.81. The number of fused-ring (bicyclic) bond motifs is 1. The molecule has 0 saturated carbocycles. The monoisotopic (exact) mass is 352 g/mol. The molecule has 3 rings (SSSR count). The van der Waals surface area contributed by atoms with E-state index in [0.717, 1.165) is 11.1 Å². The van der Waals surface area contributed by atoms with Crippen molar-refractivity contribution in [1.82, 2.24) is 26.3 Å². The number of hydrogen-bond donors (Lipinski definition) is 6. The van der Waals surface area contributed by atoms with Crippen LogP contribution in [0.2, 0.25) is 0 Å². The number of rotatable bonds is 3. The summed E-state index contributed by atoms with van der Waals surface area (Å²) in [6.45, 7) is 2.47. The fraction of sp³-hybridized carbons (Fsp3) is 0.562. The van der Waals surface area contributed by atoms with Gasteiger partial charge in [-0.15, -0.1) is 0 Å². The third-order valence-corrected chi connectivity index (χ3v) is 4.71. The summed E-state index contributed by atoms with van der Waals surface area (Å²) in [6.07, 6.45) is -0.734. The first kappa shape index (κ1) is 18.0. The summed E-state index contributed by atoms with van der Waals surface area (Å²) in [5.74, 6) is 0. The second-order valence-electron chi connectivity index (χ2n) is 6.65. The van der Waals surface area contributed by atoms with E-state index in [0.29, 0.717) is 25.1 Å². The lowest BCUT2D eigenvalue weighted by Crippen LogP contribution is -2.67. The van der Waals surface area contributed by atoms with Crippen LogP contribution in [-0.4, -0.2) is 48.0 Å². The molecule has 138 valence electrons. The maximum Gasteiger partial charge on any atom is 0.321 e. The van der Waals surface area contributed by atoms with E-state index < -0.39 is 12.6 Å². The van der Waals surface area contributed by atoms with Crippen LogP contribution < -0.4 is 26.7 Å². The van der Waals surface area contributed by atoms with Gasteiger partial charge < -0.3 is 15.8 Å². The number of carbonyl (C=O) groups excluding carboxylic acids is 1. The number of anilines is 1. The molecule has 2 heterocycles. The molecule has 25 heavy (non-hydrogen) atoms. The topological polar surface area (TPSA) is 101 Å². The highest BCUT2D eigenvalue weighted by Gasteiger charge is 2.31. The number of carbonyl (C=O) groups is 1. The van der Waals surface area contributed by atoms with E-state index in [-0.39, 0.29) is 18.2 Å². The summed E-state index contributed by atoms with van der Waals surface area (Å²) >= 11 is 0. The molecule has 1 aromatic rings. The van der Waals surface area contributed by atoms with E-state index in [1.165, 1.54) is 0 Å². The molecule has 1 aromatic carbocycles. The largest absolute Gasteiger partial charge is 0.321 e. The Balaban J connectivity index is 1.61.